The lowest BCUT2D eigenvalue weighted by atomic mass is 10.2. The summed E-state index contributed by atoms with van der Waals surface area (Å²) in [4.78, 5) is 16.5. The Bertz CT molecular complexity index is 345. The summed E-state index contributed by atoms with van der Waals surface area (Å²) in [7, 11) is 0. The summed E-state index contributed by atoms with van der Waals surface area (Å²) in [5.74, 6) is -6.35. The molecule has 0 spiro atoms. The van der Waals surface area contributed by atoms with Crippen molar-refractivity contribution >= 4 is 17.6 Å². The Morgan fingerprint density at radius 3 is 2.62 bits per heavy atom. The molecular weight excluding hydrogens is 206 g/mol. The number of carboxylic acids is 1. The molecule has 0 aliphatic heterocycles. The first-order chi connectivity index (χ1) is 5.94. The highest BCUT2D eigenvalue weighted by Crippen LogP contribution is 2.26. The number of carbonyl (C=O) groups is 1. The fourth-order valence-electron chi connectivity index (χ4n) is 0.603. The predicted molar refractivity (Wildman–Crippen MR) is 38.6 cm³/mol. The van der Waals surface area contributed by atoms with Crippen LogP contribution in [0.15, 0.2) is 12.4 Å². The molecule has 0 unspecified atom stereocenters. The number of carboxylic acid groups (broad SMARTS) is 1. The first-order valence-corrected chi connectivity index (χ1v) is 3.41. The maximum absolute atomic E-state index is 12.7. The molecule has 0 atom stereocenters. The van der Waals surface area contributed by atoms with Crippen molar-refractivity contribution in [3.05, 3.63) is 23.2 Å². The highest BCUT2D eigenvalue weighted by molar-refractivity contribution is 6.29. The molecule has 7 heteroatoms. The monoisotopic (exact) mass is 208 g/mol. The van der Waals surface area contributed by atoms with Gasteiger partial charge in [-0.2, -0.15) is 8.78 Å². The van der Waals surface area contributed by atoms with E-state index in [-0.39, 0.29) is 5.15 Å². The minimum Gasteiger partial charge on any atom is -0.476 e. The van der Waals surface area contributed by atoms with Crippen LogP contribution >= 0.6 is 11.6 Å². The van der Waals surface area contributed by atoms with E-state index in [9.17, 15) is 13.6 Å². The third kappa shape index (κ3) is 1.89. The van der Waals surface area contributed by atoms with Crippen LogP contribution in [0.1, 0.15) is 5.69 Å². The van der Waals surface area contributed by atoms with Crippen LogP contribution in [0.5, 0.6) is 0 Å². The molecule has 1 N–H and O–H groups in total. The molecule has 4 nitrogen and oxygen atoms in total. The largest absolute Gasteiger partial charge is 0.476 e. The van der Waals surface area contributed by atoms with Crippen molar-refractivity contribution in [2.24, 2.45) is 0 Å². The second-order valence-corrected chi connectivity index (χ2v) is 2.49. The zero-order chi connectivity index (χ0) is 10.1. The van der Waals surface area contributed by atoms with Crippen LogP contribution in [0, 0.1) is 0 Å². The smallest absolute Gasteiger partial charge is 0.385 e. The van der Waals surface area contributed by atoms with Crippen molar-refractivity contribution in [3.8, 4) is 0 Å². The van der Waals surface area contributed by atoms with Crippen molar-refractivity contribution in [1.82, 2.24) is 9.97 Å². The topological polar surface area (TPSA) is 63.1 Å². The number of hydrogen-bond donors (Lipinski definition) is 1. The predicted octanol–water partition coefficient (Wildman–Crippen LogP) is 1.31. The summed E-state index contributed by atoms with van der Waals surface area (Å²) in [6.45, 7) is 0. The van der Waals surface area contributed by atoms with E-state index in [2.05, 4.69) is 9.97 Å². The van der Waals surface area contributed by atoms with E-state index in [1.807, 2.05) is 0 Å². The zero-order valence-electron chi connectivity index (χ0n) is 6.04. The van der Waals surface area contributed by atoms with Gasteiger partial charge in [-0.05, 0) is 0 Å². The SMILES string of the molecule is O=C(O)C(F)(F)c1cncc(Cl)n1. The molecule has 70 valence electrons. The van der Waals surface area contributed by atoms with E-state index >= 15 is 0 Å². The quantitative estimate of drug-likeness (QED) is 0.796. The lowest BCUT2D eigenvalue weighted by molar-refractivity contribution is -0.167. The molecule has 0 aliphatic rings. The van der Waals surface area contributed by atoms with Crippen molar-refractivity contribution in [2.45, 2.75) is 5.92 Å². The molecule has 0 amide bonds. The Kier molecular flexibility index (Phi) is 2.42. The van der Waals surface area contributed by atoms with Crippen LogP contribution in [-0.4, -0.2) is 21.0 Å². The maximum Gasteiger partial charge on any atom is 0.385 e. The molecule has 0 saturated carbocycles. The van der Waals surface area contributed by atoms with Crippen LogP contribution in [0.3, 0.4) is 0 Å². The third-order valence-corrected chi connectivity index (χ3v) is 1.38. The number of aliphatic carboxylic acids is 1. The summed E-state index contributed by atoms with van der Waals surface area (Å²) in [5.41, 5.74) is -0.979. The molecule has 1 heterocycles. The van der Waals surface area contributed by atoms with Crippen molar-refractivity contribution < 1.29 is 18.7 Å². The van der Waals surface area contributed by atoms with Gasteiger partial charge in [0, 0.05) is 0 Å². The van der Waals surface area contributed by atoms with E-state index in [4.69, 9.17) is 16.7 Å². The molecule has 13 heavy (non-hydrogen) atoms. The van der Waals surface area contributed by atoms with Crippen molar-refractivity contribution in [2.75, 3.05) is 0 Å². The Hall–Kier alpha value is -1.30. The summed E-state index contributed by atoms with van der Waals surface area (Å²) < 4.78 is 25.4. The Balaban J connectivity index is 3.14. The molecule has 0 radical (unpaired) electrons. The number of hydrogen-bond acceptors (Lipinski definition) is 3. The fraction of sp³-hybridized carbons (Fsp3) is 0.167. The van der Waals surface area contributed by atoms with Gasteiger partial charge in [0.25, 0.3) is 0 Å². The van der Waals surface area contributed by atoms with E-state index in [0.717, 1.165) is 6.20 Å². The van der Waals surface area contributed by atoms with Crippen LogP contribution < -0.4 is 0 Å². The van der Waals surface area contributed by atoms with Gasteiger partial charge in [-0.15, -0.1) is 0 Å². The van der Waals surface area contributed by atoms with Crippen LogP contribution in [0.25, 0.3) is 0 Å². The first kappa shape index (κ1) is 9.79. The van der Waals surface area contributed by atoms with E-state index in [0.29, 0.717) is 6.20 Å². The number of halogens is 3. The molecule has 0 aromatic carbocycles. The molecule has 0 saturated heterocycles. The van der Waals surface area contributed by atoms with Crippen molar-refractivity contribution in [3.63, 3.8) is 0 Å². The van der Waals surface area contributed by atoms with Gasteiger partial charge in [0.05, 0.1) is 12.4 Å². The van der Waals surface area contributed by atoms with E-state index < -0.39 is 17.6 Å². The average molecular weight is 209 g/mol. The third-order valence-electron chi connectivity index (χ3n) is 1.20. The highest BCUT2D eigenvalue weighted by Gasteiger charge is 2.43. The van der Waals surface area contributed by atoms with Gasteiger partial charge in [-0.25, -0.2) is 9.78 Å². The Morgan fingerprint density at radius 1 is 1.54 bits per heavy atom. The Morgan fingerprint density at radius 2 is 2.15 bits per heavy atom. The molecule has 1 aromatic rings. The van der Waals surface area contributed by atoms with E-state index in [1.54, 1.807) is 0 Å². The molecule has 0 fully saturated rings. The summed E-state index contributed by atoms with van der Waals surface area (Å²) >= 11 is 5.26. The summed E-state index contributed by atoms with van der Waals surface area (Å²) in [5, 5.41) is 7.85. The zero-order valence-corrected chi connectivity index (χ0v) is 6.79. The van der Waals surface area contributed by atoms with Gasteiger partial charge in [0.2, 0.25) is 0 Å². The summed E-state index contributed by atoms with van der Waals surface area (Å²) in [6, 6.07) is 0. The van der Waals surface area contributed by atoms with Gasteiger partial charge in [-0.3, -0.25) is 4.98 Å². The van der Waals surface area contributed by atoms with Gasteiger partial charge in [0.1, 0.15) is 10.8 Å². The minimum atomic E-state index is -4.06. The highest BCUT2D eigenvalue weighted by atomic mass is 35.5. The van der Waals surface area contributed by atoms with Gasteiger partial charge >= 0.3 is 11.9 Å². The van der Waals surface area contributed by atoms with Crippen LogP contribution in [0.2, 0.25) is 5.15 Å². The van der Waals surface area contributed by atoms with E-state index in [1.165, 1.54) is 0 Å². The number of rotatable bonds is 2. The standard InChI is InChI=1S/C6H3ClF2N2O2/c7-4-2-10-1-3(11-4)6(8,9)5(12)13/h1-2H,(H,12,13). The molecule has 0 aliphatic carbocycles. The fourth-order valence-corrected chi connectivity index (χ4v) is 0.750. The Labute approximate surface area is 76.2 Å². The molecular formula is C6H3ClF2N2O2. The average Bonchev–Trinajstić information content (AvgIpc) is 2.04. The van der Waals surface area contributed by atoms with Gasteiger partial charge in [-0.1, -0.05) is 11.6 Å². The molecule has 0 bridgehead atoms. The molecule has 1 rings (SSSR count). The van der Waals surface area contributed by atoms with Gasteiger partial charge in [0.15, 0.2) is 0 Å². The van der Waals surface area contributed by atoms with Crippen LogP contribution in [-0.2, 0) is 10.7 Å². The lowest BCUT2D eigenvalue weighted by Crippen LogP contribution is -2.26. The normalized spacial score (nSPS) is 11.3. The minimum absolute atomic E-state index is 0.279. The summed E-state index contributed by atoms with van der Waals surface area (Å²) in [6.07, 6.45) is 1.68. The van der Waals surface area contributed by atoms with Gasteiger partial charge < -0.3 is 5.11 Å². The number of nitrogens with zero attached hydrogens (tertiary/aromatic N) is 2. The maximum atomic E-state index is 12.7. The number of alkyl halides is 2. The second kappa shape index (κ2) is 3.21. The first-order valence-electron chi connectivity index (χ1n) is 3.04. The lowest BCUT2D eigenvalue weighted by Gasteiger charge is -2.08. The second-order valence-electron chi connectivity index (χ2n) is 2.11. The van der Waals surface area contributed by atoms with Crippen LogP contribution in [0.4, 0.5) is 8.78 Å². The number of aromatic nitrogens is 2. The molecule has 1 aromatic heterocycles. The van der Waals surface area contributed by atoms with Crippen molar-refractivity contribution in [1.29, 1.82) is 0 Å².